The number of anilines is 1. The van der Waals surface area contributed by atoms with Crippen molar-refractivity contribution in [2.24, 2.45) is 5.92 Å². The zero-order chi connectivity index (χ0) is 13.5. The molecule has 2 rings (SSSR count). The highest BCUT2D eigenvalue weighted by molar-refractivity contribution is 9.10. The van der Waals surface area contributed by atoms with Gasteiger partial charge in [0.1, 0.15) is 0 Å². The third kappa shape index (κ3) is 2.55. The van der Waals surface area contributed by atoms with E-state index in [-0.39, 0.29) is 10.9 Å². The van der Waals surface area contributed by atoms with Crippen LogP contribution < -0.4 is 5.73 Å². The first kappa shape index (κ1) is 13.8. The van der Waals surface area contributed by atoms with Crippen molar-refractivity contribution in [2.75, 3.05) is 12.8 Å². The number of hydrogen-bond donors (Lipinski definition) is 1. The van der Waals surface area contributed by atoms with Gasteiger partial charge < -0.3 is 5.73 Å². The summed E-state index contributed by atoms with van der Waals surface area (Å²) in [6.45, 7) is 1.96. The zero-order valence-electron chi connectivity index (χ0n) is 10.4. The van der Waals surface area contributed by atoms with E-state index in [0.717, 1.165) is 12.8 Å². The van der Waals surface area contributed by atoms with Crippen LogP contribution in [0.4, 0.5) is 5.69 Å². The van der Waals surface area contributed by atoms with E-state index in [1.807, 2.05) is 6.92 Å². The quantitative estimate of drug-likeness (QED) is 0.861. The average molecular weight is 333 g/mol. The van der Waals surface area contributed by atoms with Crippen LogP contribution >= 0.6 is 15.9 Å². The van der Waals surface area contributed by atoms with E-state index in [0.29, 0.717) is 16.1 Å². The fraction of sp³-hybridized carbons (Fsp3) is 0.500. The van der Waals surface area contributed by atoms with Crippen LogP contribution in [0.25, 0.3) is 0 Å². The van der Waals surface area contributed by atoms with Gasteiger partial charge in [-0.1, -0.05) is 0 Å². The molecule has 0 radical (unpaired) electrons. The first-order valence-corrected chi connectivity index (χ1v) is 8.10. The van der Waals surface area contributed by atoms with Crippen molar-refractivity contribution < 1.29 is 8.42 Å². The van der Waals surface area contributed by atoms with E-state index < -0.39 is 10.0 Å². The molecule has 0 aliphatic heterocycles. The van der Waals surface area contributed by atoms with Crippen LogP contribution in [0.3, 0.4) is 0 Å². The maximum Gasteiger partial charge on any atom is 0.243 e. The van der Waals surface area contributed by atoms with Gasteiger partial charge in [0, 0.05) is 23.2 Å². The van der Waals surface area contributed by atoms with E-state index in [1.54, 1.807) is 25.2 Å². The summed E-state index contributed by atoms with van der Waals surface area (Å²) in [5, 5.41) is 0. The fourth-order valence-electron chi connectivity index (χ4n) is 1.93. The largest absolute Gasteiger partial charge is 0.398 e. The van der Waals surface area contributed by atoms with Crippen LogP contribution in [0.1, 0.15) is 19.8 Å². The minimum Gasteiger partial charge on any atom is -0.398 e. The van der Waals surface area contributed by atoms with Crippen molar-refractivity contribution in [3.63, 3.8) is 0 Å². The van der Waals surface area contributed by atoms with E-state index in [9.17, 15) is 8.42 Å². The first-order valence-electron chi connectivity index (χ1n) is 5.87. The summed E-state index contributed by atoms with van der Waals surface area (Å²) in [5.74, 6) is 0.502. The molecule has 1 aromatic rings. The number of nitrogens with two attached hydrogens (primary N) is 1. The average Bonchev–Trinajstić information content (AvgIpc) is 3.14. The summed E-state index contributed by atoms with van der Waals surface area (Å²) in [5.41, 5.74) is 6.20. The fourth-order valence-corrected chi connectivity index (χ4v) is 3.91. The number of benzene rings is 1. The van der Waals surface area contributed by atoms with Crippen molar-refractivity contribution in [3.05, 3.63) is 22.7 Å². The van der Waals surface area contributed by atoms with Gasteiger partial charge in [-0.15, -0.1) is 0 Å². The van der Waals surface area contributed by atoms with Gasteiger partial charge in [-0.25, -0.2) is 8.42 Å². The van der Waals surface area contributed by atoms with E-state index in [4.69, 9.17) is 5.73 Å². The van der Waals surface area contributed by atoms with E-state index >= 15 is 0 Å². The minimum absolute atomic E-state index is 0.0475. The second kappa shape index (κ2) is 4.83. The lowest BCUT2D eigenvalue weighted by Crippen LogP contribution is -2.36. The molecule has 1 atom stereocenters. The monoisotopic (exact) mass is 332 g/mol. The predicted molar refractivity (Wildman–Crippen MR) is 75.7 cm³/mol. The molecule has 0 aromatic heterocycles. The minimum atomic E-state index is -3.43. The van der Waals surface area contributed by atoms with Gasteiger partial charge >= 0.3 is 0 Å². The molecule has 0 bridgehead atoms. The Hall–Kier alpha value is -0.590. The maximum atomic E-state index is 12.4. The summed E-state index contributed by atoms with van der Waals surface area (Å²) in [6, 6.07) is 4.75. The molecule has 6 heteroatoms. The van der Waals surface area contributed by atoms with Crippen LogP contribution in [0, 0.1) is 5.92 Å². The second-order valence-electron chi connectivity index (χ2n) is 4.78. The van der Waals surface area contributed by atoms with Gasteiger partial charge in [-0.05, 0) is 59.8 Å². The van der Waals surface area contributed by atoms with Gasteiger partial charge in [-0.3, -0.25) is 0 Å². The SMILES string of the molecule is CC(C1CC1)N(C)S(=O)(=O)c1ccc(N)c(Br)c1. The molecule has 1 unspecified atom stereocenters. The van der Waals surface area contributed by atoms with Gasteiger partial charge in [0.2, 0.25) is 10.0 Å². The van der Waals surface area contributed by atoms with Crippen LogP contribution in [0.5, 0.6) is 0 Å². The van der Waals surface area contributed by atoms with Crippen LogP contribution in [0.15, 0.2) is 27.6 Å². The number of halogens is 1. The van der Waals surface area contributed by atoms with Crippen LogP contribution in [-0.4, -0.2) is 25.8 Å². The molecular formula is C12H17BrN2O2S. The molecule has 18 heavy (non-hydrogen) atoms. The van der Waals surface area contributed by atoms with Crippen LogP contribution in [0.2, 0.25) is 0 Å². The van der Waals surface area contributed by atoms with Gasteiger partial charge in [-0.2, -0.15) is 4.31 Å². The molecular weight excluding hydrogens is 316 g/mol. The van der Waals surface area contributed by atoms with Crippen molar-refractivity contribution in [1.82, 2.24) is 4.31 Å². The highest BCUT2D eigenvalue weighted by Gasteiger charge is 2.36. The molecule has 1 aliphatic carbocycles. The third-order valence-corrected chi connectivity index (χ3v) is 6.15. The molecule has 4 nitrogen and oxygen atoms in total. The molecule has 1 aliphatic rings. The van der Waals surface area contributed by atoms with Gasteiger partial charge in [0.05, 0.1) is 4.90 Å². The number of sulfonamides is 1. The Kier molecular flexibility index (Phi) is 3.71. The Morgan fingerprint density at radius 2 is 2.06 bits per heavy atom. The summed E-state index contributed by atoms with van der Waals surface area (Å²) < 4.78 is 26.9. The normalized spacial score (nSPS) is 18.0. The van der Waals surface area contributed by atoms with Crippen molar-refractivity contribution in [1.29, 1.82) is 0 Å². The Morgan fingerprint density at radius 1 is 1.44 bits per heavy atom. The van der Waals surface area contributed by atoms with Crippen LogP contribution in [-0.2, 0) is 10.0 Å². The molecule has 100 valence electrons. The van der Waals surface area contributed by atoms with Gasteiger partial charge in [0.25, 0.3) is 0 Å². The van der Waals surface area contributed by atoms with Crippen molar-refractivity contribution in [2.45, 2.75) is 30.7 Å². The summed E-state index contributed by atoms with van der Waals surface area (Å²) >= 11 is 3.26. The third-order valence-electron chi connectivity index (χ3n) is 3.53. The number of hydrogen-bond acceptors (Lipinski definition) is 3. The first-order chi connectivity index (χ1) is 8.34. The Bertz CT molecular complexity index is 555. The molecule has 0 heterocycles. The molecule has 1 aromatic carbocycles. The lowest BCUT2D eigenvalue weighted by molar-refractivity contribution is 0.357. The maximum absolute atomic E-state index is 12.4. The molecule has 1 saturated carbocycles. The Balaban J connectivity index is 2.31. The van der Waals surface area contributed by atoms with E-state index in [1.165, 1.54) is 4.31 Å². The highest BCUT2D eigenvalue weighted by atomic mass is 79.9. The van der Waals surface area contributed by atoms with Crippen molar-refractivity contribution >= 4 is 31.6 Å². The molecule has 0 spiro atoms. The smallest absolute Gasteiger partial charge is 0.243 e. The number of nitrogen functional groups attached to an aromatic ring is 1. The van der Waals surface area contributed by atoms with Crippen molar-refractivity contribution in [3.8, 4) is 0 Å². The van der Waals surface area contributed by atoms with Gasteiger partial charge in [0.15, 0.2) is 0 Å². The Morgan fingerprint density at radius 3 is 2.56 bits per heavy atom. The summed E-state index contributed by atoms with van der Waals surface area (Å²) in [4.78, 5) is 0.276. The second-order valence-corrected chi connectivity index (χ2v) is 7.63. The molecule has 1 fully saturated rings. The zero-order valence-corrected chi connectivity index (χ0v) is 12.8. The molecule has 2 N–H and O–H groups in total. The summed E-state index contributed by atoms with van der Waals surface area (Å²) in [7, 11) is -1.79. The summed E-state index contributed by atoms with van der Waals surface area (Å²) in [6.07, 6.45) is 2.24. The molecule has 0 saturated heterocycles. The Labute approximate surface area is 116 Å². The lowest BCUT2D eigenvalue weighted by atomic mass is 10.2. The highest BCUT2D eigenvalue weighted by Crippen LogP contribution is 2.36. The lowest BCUT2D eigenvalue weighted by Gasteiger charge is -2.24. The topological polar surface area (TPSA) is 63.4 Å². The number of nitrogens with zero attached hydrogens (tertiary/aromatic N) is 1. The standard InChI is InChI=1S/C12H17BrN2O2S/c1-8(9-3-4-9)15(2)18(16,17)10-5-6-12(14)11(13)7-10/h5-9H,3-4,14H2,1-2H3. The van der Waals surface area contributed by atoms with E-state index in [2.05, 4.69) is 15.9 Å². The molecule has 0 amide bonds. The predicted octanol–water partition coefficient (Wildman–Crippen LogP) is 2.45. The number of rotatable bonds is 4.